The molecule has 1 aromatic heterocycles. The first-order valence-corrected chi connectivity index (χ1v) is 11.8. The summed E-state index contributed by atoms with van der Waals surface area (Å²) < 4.78 is 11.5. The summed E-state index contributed by atoms with van der Waals surface area (Å²) in [6.45, 7) is 6.40. The van der Waals surface area contributed by atoms with Crippen molar-refractivity contribution in [2.75, 3.05) is 30.3 Å². The highest BCUT2D eigenvalue weighted by molar-refractivity contribution is 7.99. The van der Waals surface area contributed by atoms with Gasteiger partial charge in [0.15, 0.2) is 0 Å². The van der Waals surface area contributed by atoms with Gasteiger partial charge in [0.05, 0.1) is 6.10 Å². The molecule has 7 heteroatoms. The fourth-order valence-electron chi connectivity index (χ4n) is 3.45. The van der Waals surface area contributed by atoms with Crippen molar-refractivity contribution in [2.45, 2.75) is 25.2 Å². The van der Waals surface area contributed by atoms with Gasteiger partial charge in [-0.3, -0.25) is 0 Å². The van der Waals surface area contributed by atoms with Crippen LogP contribution < -0.4 is 9.64 Å². The second-order valence-electron chi connectivity index (χ2n) is 7.38. The van der Waals surface area contributed by atoms with Crippen molar-refractivity contribution in [1.82, 2.24) is 10.2 Å². The molecule has 0 radical (unpaired) electrons. The fourth-order valence-corrected chi connectivity index (χ4v) is 4.12. The SMILES string of the molecule is CCN(CC)c1ccc(-c2nnc(SCC(O)COc3ccc4ccccc4c3)o2)cc1. The molecule has 0 fully saturated rings. The second-order valence-corrected chi connectivity index (χ2v) is 8.35. The van der Waals surface area contributed by atoms with Crippen LogP contribution in [0.2, 0.25) is 0 Å². The van der Waals surface area contributed by atoms with E-state index in [1.54, 1.807) is 0 Å². The van der Waals surface area contributed by atoms with Crippen LogP contribution in [0.25, 0.3) is 22.2 Å². The molecule has 0 saturated carbocycles. The average molecular weight is 450 g/mol. The predicted molar refractivity (Wildman–Crippen MR) is 129 cm³/mol. The Morgan fingerprint density at radius 2 is 1.72 bits per heavy atom. The average Bonchev–Trinajstić information content (AvgIpc) is 3.31. The van der Waals surface area contributed by atoms with Crippen LogP contribution in [0, 0.1) is 0 Å². The first-order valence-electron chi connectivity index (χ1n) is 10.8. The van der Waals surface area contributed by atoms with Gasteiger partial charge in [0.1, 0.15) is 12.4 Å². The number of ether oxygens (including phenoxy) is 1. The molecule has 1 heterocycles. The smallest absolute Gasteiger partial charge is 0.276 e. The maximum atomic E-state index is 10.3. The molecule has 0 aliphatic carbocycles. The van der Waals surface area contributed by atoms with Crippen molar-refractivity contribution in [2.24, 2.45) is 0 Å². The molecule has 166 valence electrons. The van der Waals surface area contributed by atoms with Crippen molar-refractivity contribution in [3.63, 3.8) is 0 Å². The minimum atomic E-state index is -0.657. The Hall–Kier alpha value is -3.03. The third-order valence-electron chi connectivity index (χ3n) is 5.21. The van der Waals surface area contributed by atoms with Crippen molar-refractivity contribution in [1.29, 1.82) is 0 Å². The standard InChI is InChI=1S/C25H27N3O3S/c1-3-28(4-2)21-12-9-19(10-13-21)24-26-27-25(31-24)32-17-22(29)16-30-23-14-11-18-7-5-6-8-20(18)15-23/h5-15,22,29H,3-4,16-17H2,1-2H3. The van der Waals surface area contributed by atoms with Crippen LogP contribution in [0.15, 0.2) is 76.4 Å². The van der Waals surface area contributed by atoms with Crippen LogP contribution in [-0.2, 0) is 0 Å². The Kier molecular flexibility index (Phi) is 7.29. The molecule has 4 aromatic rings. The zero-order valence-corrected chi connectivity index (χ0v) is 19.1. The van der Waals surface area contributed by atoms with Gasteiger partial charge in [-0.2, -0.15) is 0 Å². The number of hydrogen-bond donors (Lipinski definition) is 1. The molecule has 1 unspecified atom stereocenters. The molecule has 1 atom stereocenters. The van der Waals surface area contributed by atoms with E-state index in [1.165, 1.54) is 17.4 Å². The Bertz CT molecular complexity index is 1140. The maximum absolute atomic E-state index is 10.3. The summed E-state index contributed by atoms with van der Waals surface area (Å²) in [4.78, 5) is 2.28. The van der Waals surface area contributed by atoms with Crippen molar-refractivity contribution < 1.29 is 14.3 Å². The zero-order chi connectivity index (χ0) is 22.3. The predicted octanol–water partition coefficient (Wildman–Crippen LogP) is 5.27. The molecule has 0 aliphatic heterocycles. The van der Waals surface area contributed by atoms with Gasteiger partial charge in [0, 0.05) is 30.1 Å². The fraction of sp³-hybridized carbons (Fsp3) is 0.280. The van der Waals surface area contributed by atoms with E-state index in [1.807, 2.05) is 48.5 Å². The monoisotopic (exact) mass is 449 g/mol. The van der Waals surface area contributed by atoms with Gasteiger partial charge in [-0.15, -0.1) is 10.2 Å². The molecular formula is C25H27N3O3S. The Labute approximate surface area is 192 Å². The summed E-state index contributed by atoms with van der Waals surface area (Å²) in [6.07, 6.45) is -0.657. The minimum Gasteiger partial charge on any atom is -0.491 e. The molecule has 0 aliphatic rings. The summed E-state index contributed by atoms with van der Waals surface area (Å²) in [7, 11) is 0. The Morgan fingerprint density at radius 1 is 0.969 bits per heavy atom. The van der Waals surface area contributed by atoms with Gasteiger partial charge in [0.25, 0.3) is 5.22 Å². The van der Waals surface area contributed by atoms with Crippen LogP contribution in [0.1, 0.15) is 13.8 Å². The van der Waals surface area contributed by atoms with Gasteiger partial charge >= 0.3 is 0 Å². The number of fused-ring (bicyclic) bond motifs is 1. The first kappa shape index (κ1) is 22.2. The van der Waals surface area contributed by atoms with E-state index < -0.39 is 6.10 Å². The number of aromatic nitrogens is 2. The molecule has 6 nitrogen and oxygen atoms in total. The van der Waals surface area contributed by atoms with E-state index in [-0.39, 0.29) is 6.61 Å². The maximum Gasteiger partial charge on any atom is 0.276 e. The van der Waals surface area contributed by atoms with E-state index in [4.69, 9.17) is 9.15 Å². The normalized spacial score (nSPS) is 12.1. The Balaban J connectivity index is 1.28. The summed E-state index contributed by atoms with van der Waals surface area (Å²) in [6, 6.07) is 22.1. The highest BCUT2D eigenvalue weighted by Gasteiger charge is 2.13. The number of nitrogens with zero attached hydrogens (tertiary/aromatic N) is 3. The number of aliphatic hydroxyl groups excluding tert-OH is 1. The highest BCUT2D eigenvalue weighted by atomic mass is 32.2. The molecule has 3 aromatic carbocycles. The molecule has 0 saturated heterocycles. The van der Waals surface area contributed by atoms with E-state index in [9.17, 15) is 5.11 Å². The van der Waals surface area contributed by atoms with Crippen LogP contribution in [0.5, 0.6) is 5.75 Å². The van der Waals surface area contributed by atoms with Crippen molar-refractivity contribution in [3.05, 3.63) is 66.7 Å². The summed E-state index contributed by atoms with van der Waals surface area (Å²) in [5, 5.41) is 21.2. The van der Waals surface area contributed by atoms with E-state index in [0.29, 0.717) is 16.9 Å². The number of anilines is 1. The second kappa shape index (κ2) is 10.5. The van der Waals surface area contributed by atoms with Gasteiger partial charge in [-0.1, -0.05) is 42.1 Å². The lowest BCUT2D eigenvalue weighted by molar-refractivity contribution is 0.126. The number of thioether (sulfide) groups is 1. The highest BCUT2D eigenvalue weighted by Crippen LogP contribution is 2.26. The van der Waals surface area contributed by atoms with Crippen LogP contribution in [0.3, 0.4) is 0 Å². The summed E-state index contributed by atoms with van der Waals surface area (Å²) in [5.41, 5.74) is 2.04. The minimum absolute atomic E-state index is 0.194. The summed E-state index contributed by atoms with van der Waals surface area (Å²) >= 11 is 1.32. The Morgan fingerprint density at radius 3 is 2.47 bits per heavy atom. The molecule has 0 amide bonds. The van der Waals surface area contributed by atoms with Gasteiger partial charge in [-0.05, 0) is 61.0 Å². The zero-order valence-electron chi connectivity index (χ0n) is 18.3. The number of benzene rings is 3. The van der Waals surface area contributed by atoms with Crippen LogP contribution in [0.4, 0.5) is 5.69 Å². The lowest BCUT2D eigenvalue weighted by Crippen LogP contribution is -2.21. The summed E-state index contributed by atoms with van der Waals surface area (Å²) in [5.74, 6) is 1.61. The van der Waals surface area contributed by atoms with Crippen LogP contribution >= 0.6 is 11.8 Å². The third kappa shape index (κ3) is 5.41. The van der Waals surface area contributed by atoms with E-state index in [2.05, 4.69) is 47.1 Å². The van der Waals surface area contributed by atoms with Crippen molar-refractivity contribution in [3.8, 4) is 17.2 Å². The lowest BCUT2D eigenvalue weighted by Gasteiger charge is -2.20. The van der Waals surface area contributed by atoms with Gasteiger partial charge in [0.2, 0.25) is 5.89 Å². The molecule has 0 spiro atoms. The molecule has 0 bridgehead atoms. The lowest BCUT2D eigenvalue weighted by atomic mass is 10.1. The third-order valence-corrected chi connectivity index (χ3v) is 6.18. The van der Waals surface area contributed by atoms with E-state index >= 15 is 0 Å². The molecule has 4 rings (SSSR count). The van der Waals surface area contributed by atoms with Crippen LogP contribution in [-0.4, -0.2) is 46.9 Å². The van der Waals surface area contributed by atoms with Gasteiger partial charge in [-0.25, -0.2) is 0 Å². The molecular weight excluding hydrogens is 422 g/mol. The first-order chi connectivity index (χ1) is 15.7. The van der Waals surface area contributed by atoms with Crippen molar-refractivity contribution >= 4 is 28.2 Å². The van der Waals surface area contributed by atoms with Gasteiger partial charge < -0.3 is 19.2 Å². The largest absolute Gasteiger partial charge is 0.491 e. The number of rotatable bonds is 10. The molecule has 32 heavy (non-hydrogen) atoms. The topological polar surface area (TPSA) is 71.6 Å². The quantitative estimate of drug-likeness (QED) is 0.331. The molecule has 1 N–H and O–H groups in total. The number of aliphatic hydroxyl groups is 1. The number of hydrogen-bond acceptors (Lipinski definition) is 7. The van der Waals surface area contributed by atoms with E-state index in [0.717, 1.165) is 35.2 Å².